The van der Waals surface area contributed by atoms with Gasteiger partial charge in [-0.05, 0) is 30.5 Å². The summed E-state index contributed by atoms with van der Waals surface area (Å²) in [6.45, 7) is 3.82. The van der Waals surface area contributed by atoms with E-state index in [4.69, 9.17) is 9.47 Å². The first-order valence-electron chi connectivity index (χ1n) is 13.1. The van der Waals surface area contributed by atoms with E-state index in [0.717, 1.165) is 35.9 Å². The van der Waals surface area contributed by atoms with Crippen LogP contribution >= 0.6 is 0 Å². The first kappa shape index (κ1) is 28.9. The molecule has 0 saturated heterocycles. The number of H-pyrrole nitrogens is 1. The third-order valence-electron chi connectivity index (χ3n) is 6.48. The Morgan fingerprint density at radius 2 is 1.79 bits per heavy atom. The standard InChI is InChI=1S/C26H20F5N7O2.C2H6/c1-38-9-17(26(29,30)31)35-23(38)14-6-3-12(7-15(14)27)10-40-25-21-20(16(28)8-32-21)36-22(37-25)18-19(13-4-5-13)33-11-34-24(18)39-2;1-2/h3,6-9,11,13,32H,4-5,10H2,1-2H3;1-2H3. The monoisotopic (exact) mass is 587 g/mol. The highest BCUT2D eigenvalue weighted by molar-refractivity contribution is 5.83. The van der Waals surface area contributed by atoms with E-state index < -0.39 is 23.5 Å². The summed E-state index contributed by atoms with van der Waals surface area (Å²) in [4.78, 5) is 23.7. The maximum atomic E-state index is 15.0. The first-order chi connectivity index (χ1) is 20.1. The SMILES string of the molecule is CC.COc1ncnc(C2CC2)c1-c1nc(OCc2ccc(-c3nc(C(F)(F)F)cn3C)c(F)c2)c2[nH]cc(F)c2n1. The van der Waals surface area contributed by atoms with Gasteiger partial charge >= 0.3 is 6.18 Å². The van der Waals surface area contributed by atoms with Gasteiger partial charge in [0.2, 0.25) is 11.8 Å². The Kier molecular flexibility index (Phi) is 7.80. The molecule has 0 radical (unpaired) electrons. The van der Waals surface area contributed by atoms with Gasteiger partial charge in [0, 0.05) is 25.4 Å². The van der Waals surface area contributed by atoms with Crippen LogP contribution in [-0.2, 0) is 19.8 Å². The van der Waals surface area contributed by atoms with Gasteiger partial charge in [0.1, 0.15) is 41.2 Å². The number of ether oxygens (including phenoxy) is 2. The molecule has 14 heteroatoms. The Hall–Kier alpha value is -4.62. The average Bonchev–Trinajstić information content (AvgIpc) is 3.65. The number of benzene rings is 1. The van der Waals surface area contributed by atoms with Gasteiger partial charge in [-0.25, -0.2) is 28.7 Å². The molecule has 1 saturated carbocycles. The Balaban J connectivity index is 0.00000173. The lowest BCUT2D eigenvalue weighted by Crippen LogP contribution is -2.05. The number of aryl methyl sites for hydroxylation is 1. The van der Waals surface area contributed by atoms with Crippen LogP contribution in [0.5, 0.6) is 11.8 Å². The van der Waals surface area contributed by atoms with Crippen LogP contribution in [0, 0.1) is 11.6 Å². The number of fused-ring (bicyclic) bond motifs is 1. The van der Waals surface area contributed by atoms with Crippen molar-refractivity contribution in [2.45, 2.75) is 45.4 Å². The summed E-state index contributed by atoms with van der Waals surface area (Å²) < 4.78 is 81.2. The van der Waals surface area contributed by atoms with Crippen molar-refractivity contribution in [3.8, 4) is 34.5 Å². The van der Waals surface area contributed by atoms with Crippen molar-refractivity contribution in [1.82, 2.24) is 34.5 Å². The van der Waals surface area contributed by atoms with Crippen LogP contribution in [0.2, 0.25) is 0 Å². The van der Waals surface area contributed by atoms with Crippen molar-refractivity contribution in [2.24, 2.45) is 7.05 Å². The van der Waals surface area contributed by atoms with E-state index >= 15 is 0 Å². The molecule has 9 nitrogen and oxygen atoms in total. The average molecular weight is 588 g/mol. The molecule has 4 heterocycles. The number of aromatic nitrogens is 7. The number of aromatic amines is 1. The summed E-state index contributed by atoms with van der Waals surface area (Å²) >= 11 is 0. The Bertz CT molecular complexity index is 1750. The molecular weight excluding hydrogens is 561 g/mol. The zero-order valence-electron chi connectivity index (χ0n) is 23.1. The zero-order chi connectivity index (χ0) is 30.2. The van der Waals surface area contributed by atoms with Crippen molar-refractivity contribution < 1.29 is 31.4 Å². The topological polar surface area (TPSA) is 104 Å². The molecular formula is C28H26F5N7O2. The molecule has 0 atom stereocenters. The number of nitrogens with one attached hydrogen (secondary N) is 1. The summed E-state index contributed by atoms with van der Waals surface area (Å²) in [6, 6.07) is 3.94. The largest absolute Gasteiger partial charge is 0.480 e. The molecule has 1 N–H and O–H groups in total. The van der Waals surface area contributed by atoms with Crippen LogP contribution in [0.4, 0.5) is 22.0 Å². The highest BCUT2D eigenvalue weighted by atomic mass is 19.4. The molecule has 42 heavy (non-hydrogen) atoms. The van der Waals surface area contributed by atoms with E-state index in [1.807, 2.05) is 13.8 Å². The van der Waals surface area contributed by atoms with Gasteiger partial charge in [-0.15, -0.1) is 0 Å². The van der Waals surface area contributed by atoms with Crippen LogP contribution < -0.4 is 9.47 Å². The summed E-state index contributed by atoms with van der Waals surface area (Å²) in [5, 5.41) is 0. The van der Waals surface area contributed by atoms with E-state index in [2.05, 4.69) is 29.9 Å². The lowest BCUT2D eigenvalue weighted by atomic mass is 10.1. The third kappa shape index (κ3) is 5.48. The van der Waals surface area contributed by atoms with Gasteiger partial charge in [0.15, 0.2) is 17.3 Å². The summed E-state index contributed by atoms with van der Waals surface area (Å²) in [7, 11) is 2.80. The summed E-state index contributed by atoms with van der Waals surface area (Å²) in [5.74, 6) is -1.07. The number of halogens is 5. The first-order valence-corrected chi connectivity index (χ1v) is 13.1. The number of hydrogen-bond acceptors (Lipinski definition) is 7. The second kappa shape index (κ2) is 11.3. The second-order valence-corrected chi connectivity index (χ2v) is 9.29. The number of hydrogen-bond donors (Lipinski definition) is 1. The van der Waals surface area contributed by atoms with Crippen LogP contribution in [0.3, 0.4) is 0 Å². The molecule has 1 aliphatic rings. The van der Waals surface area contributed by atoms with Gasteiger partial charge in [-0.2, -0.15) is 18.2 Å². The van der Waals surface area contributed by atoms with Crippen LogP contribution in [0.1, 0.15) is 49.6 Å². The third-order valence-corrected chi connectivity index (χ3v) is 6.48. The molecule has 220 valence electrons. The fourth-order valence-electron chi connectivity index (χ4n) is 4.41. The molecule has 0 bridgehead atoms. The Morgan fingerprint density at radius 1 is 1.02 bits per heavy atom. The normalized spacial score (nSPS) is 13.2. The lowest BCUT2D eigenvalue weighted by molar-refractivity contribution is -0.140. The van der Waals surface area contributed by atoms with E-state index in [9.17, 15) is 22.0 Å². The van der Waals surface area contributed by atoms with E-state index in [0.29, 0.717) is 16.8 Å². The predicted octanol–water partition coefficient (Wildman–Crippen LogP) is 6.60. The minimum atomic E-state index is -4.66. The molecule has 1 fully saturated rings. The minimum Gasteiger partial charge on any atom is -0.480 e. The number of imidazole rings is 1. The number of rotatable bonds is 7. The van der Waals surface area contributed by atoms with Crippen molar-refractivity contribution in [3.63, 3.8) is 0 Å². The number of methoxy groups -OCH3 is 1. The quantitative estimate of drug-likeness (QED) is 0.214. The Labute approximate surface area is 236 Å². The fraction of sp³-hybridized carbons (Fsp3) is 0.321. The molecule has 6 rings (SSSR count). The van der Waals surface area contributed by atoms with Gasteiger partial charge < -0.3 is 19.0 Å². The molecule has 0 unspecified atom stereocenters. The van der Waals surface area contributed by atoms with E-state index in [1.54, 1.807) is 0 Å². The summed E-state index contributed by atoms with van der Waals surface area (Å²) in [6.07, 6.45) is 0.488. The van der Waals surface area contributed by atoms with Crippen molar-refractivity contribution in [2.75, 3.05) is 7.11 Å². The minimum absolute atomic E-state index is 0.0000389. The molecule has 1 aliphatic carbocycles. The molecule has 4 aromatic heterocycles. The van der Waals surface area contributed by atoms with E-state index in [1.165, 1.54) is 32.6 Å². The molecule has 0 amide bonds. The van der Waals surface area contributed by atoms with Gasteiger partial charge in [0.05, 0.1) is 18.4 Å². The highest BCUT2D eigenvalue weighted by Crippen LogP contribution is 2.45. The van der Waals surface area contributed by atoms with Gasteiger partial charge in [-0.3, -0.25) is 0 Å². The number of nitrogens with zero attached hydrogens (tertiary/aromatic N) is 6. The molecule has 1 aromatic carbocycles. The van der Waals surface area contributed by atoms with Crippen molar-refractivity contribution >= 4 is 11.0 Å². The smallest absolute Gasteiger partial charge is 0.434 e. The van der Waals surface area contributed by atoms with Crippen molar-refractivity contribution in [1.29, 1.82) is 0 Å². The number of alkyl halides is 3. The molecule has 0 spiro atoms. The van der Waals surface area contributed by atoms with Crippen LogP contribution in [0.15, 0.2) is 36.9 Å². The summed E-state index contributed by atoms with van der Waals surface area (Å²) in [5.41, 5.74) is 0.412. The maximum absolute atomic E-state index is 15.0. The zero-order valence-corrected chi connectivity index (χ0v) is 23.1. The molecule has 5 aromatic rings. The van der Waals surface area contributed by atoms with Crippen LogP contribution in [-0.4, -0.2) is 41.6 Å². The maximum Gasteiger partial charge on any atom is 0.434 e. The van der Waals surface area contributed by atoms with Crippen molar-refractivity contribution in [3.05, 3.63) is 65.5 Å². The second-order valence-electron chi connectivity index (χ2n) is 9.29. The lowest BCUT2D eigenvalue weighted by Gasteiger charge is -2.13. The van der Waals surface area contributed by atoms with Gasteiger partial charge in [-0.1, -0.05) is 19.9 Å². The van der Waals surface area contributed by atoms with Crippen LogP contribution in [0.25, 0.3) is 33.8 Å². The van der Waals surface area contributed by atoms with E-state index in [-0.39, 0.29) is 52.5 Å². The Morgan fingerprint density at radius 3 is 2.43 bits per heavy atom. The fourth-order valence-corrected chi connectivity index (χ4v) is 4.41. The highest BCUT2D eigenvalue weighted by Gasteiger charge is 2.35. The van der Waals surface area contributed by atoms with Gasteiger partial charge in [0.25, 0.3) is 0 Å². The molecule has 0 aliphatic heterocycles. The predicted molar refractivity (Wildman–Crippen MR) is 143 cm³/mol.